The number of alkyl halides is 5. The molecule has 3 N–H and O–H groups in total. The number of aliphatic hydroxyl groups is 1. The molecule has 0 saturated carbocycles. The smallest absolute Gasteiger partial charge is 0.456 e. The van der Waals surface area contributed by atoms with Crippen molar-refractivity contribution in [2.24, 2.45) is 0 Å². The Morgan fingerprint density at radius 2 is 1.77 bits per heavy atom. The number of anilines is 1. The molecule has 3 aromatic rings. The minimum atomic E-state index is -6.10. The first-order valence-electron chi connectivity index (χ1n) is 10.4. The number of benzene rings is 2. The van der Waals surface area contributed by atoms with Gasteiger partial charge in [-0.05, 0) is 42.5 Å². The Balaban J connectivity index is 2.01. The molecule has 1 aliphatic carbocycles. The van der Waals surface area contributed by atoms with E-state index in [4.69, 9.17) is 11.6 Å². The van der Waals surface area contributed by atoms with Gasteiger partial charge < -0.3 is 15.5 Å². The molecule has 1 aromatic heterocycles. The van der Waals surface area contributed by atoms with E-state index in [1.54, 1.807) is 0 Å². The number of hydrogen-bond acceptors (Lipinski definition) is 5. The second-order valence-electron chi connectivity index (χ2n) is 9.27. The van der Waals surface area contributed by atoms with Crippen molar-refractivity contribution in [2.45, 2.75) is 56.3 Å². The number of aryl methyl sites for hydroxylation is 1. The van der Waals surface area contributed by atoms with Gasteiger partial charge in [-0.3, -0.25) is 0 Å². The van der Waals surface area contributed by atoms with Crippen LogP contribution in [0.5, 0.6) is 5.75 Å². The van der Waals surface area contributed by atoms with Gasteiger partial charge in [0.25, 0.3) is 0 Å². The normalized spacial score (nSPS) is 22.2. The Labute approximate surface area is 200 Å². The summed E-state index contributed by atoms with van der Waals surface area (Å²) in [6, 6.07) is 2.29. The molecule has 0 aliphatic heterocycles. The summed E-state index contributed by atoms with van der Waals surface area (Å²) in [6.45, 7) is 4.13. The first-order chi connectivity index (χ1) is 16.0. The van der Waals surface area contributed by atoms with E-state index < -0.39 is 47.1 Å². The van der Waals surface area contributed by atoms with Crippen LogP contribution in [0.25, 0.3) is 10.9 Å². The molecule has 1 aliphatic rings. The zero-order valence-electron chi connectivity index (χ0n) is 18.6. The predicted octanol–water partition coefficient (Wildman–Crippen LogP) is 6.20. The molecular formula is C23H20ClF6N3O2. The van der Waals surface area contributed by atoms with E-state index in [0.29, 0.717) is 0 Å². The molecule has 5 nitrogen and oxygen atoms in total. The highest BCUT2D eigenvalue weighted by molar-refractivity contribution is 6.32. The highest BCUT2D eigenvalue weighted by atomic mass is 35.5. The zero-order chi connectivity index (χ0) is 26.1. The molecule has 0 saturated heterocycles. The van der Waals surface area contributed by atoms with Crippen molar-refractivity contribution in [3.05, 3.63) is 58.3 Å². The summed E-state index contributed by atoms with van der Waals surface area (Å²) in [5.41, 5.74) is -5.76. The van der Waals surface area contributed by atoms with Crippen LogP contribution in [-0.4, -0.2) is 37.9 Å². The number of nitrogens with one attached hydrogen (secondary N) is 1. The van der Waals surface area contributed by atoms with Gasteiger partial charge in [0.15, 0.2) is 5.60 Å². The number of fused-ring (bicyclic) bond motifs is 2. The molecule has 2 aromatic carbocycles. The molecule has 2 unspecified atom stereocenters. The Bertz CT molecular complexity index is 1330. The van der Waals surface area contributed by atoms with Crippen molar-refractivity contribution >= 4 is 28.2 Å². The Kier molecular flexibility index (Phi) is 5.68. The fraction of sp³-hybridized carbons (Fsp3) is 0.391. The van der Waals surface area contributed by atoms with Crippen LogP contribution in [0.4, 0.5) is 32.0 Å². The number of halogens is 7. The van der Waals surface area contributed by atoms with Gasteiger partial charge in [-0.1, -0.05) is 31.5 Å². The number of phenolic OH excluding ortho intramolecular Hbond substituents is 1. The SMILES string of the molecule is Cc1ncc2c(NC3c4ccc(Cl)c(O)c4C(C)(C)CC3(O)C(F)(F)C(F)(F)F)ccc(F)c2n1. The molecule has 35 heavy (non-hydrogen) atoms. The van der Waals surface area contributed by atoms with Gasteiger partial charge in [0, 0.05) is 22.8 Å². The molecule has 0 bridgehead atoms. The Hall–Kier alpha value is -2.79. The minimum Gasteiger partial charge on any atom is -0.506 e. The molecule has 0 spiro atoms. The van der Waals surface area contributed by atoms with Crippen LogP contribution in [0.2, 0.25) is 5.02 Å². The van der Waals surface area contributed by atoms with Gasteiger partial charge in [0.05, 0.1) is 11.1 Å². The largest absolute Gasteiger partial charge is 0.506 e. The molecular weight excluding hydrogens is 500 g/mol. The lowest BCUT2D eigenvalue weighted by Gasteiger charge is -2.51. The van der Waals surface area contributed by atoms with Crippen LogP contribution in [-0.2, 0) is 5.41 Å². The lowest BCUT2D eigenvalue weighted by atomic mass is 9.61. The first-order valence-corrected chi connectivity index (χ1v) is 10.8. The van der Waals surface area contributed by atoms with E-state index in [1.807, 2.05) is 0 Å². The van der Waals surface area contributed by atoms with Crippen molar-refractivity contribution in [2.75, 3.05) is 5.32 Å². The molecule has 4 rings (SSSR count). The van der Waals surface area contributed by atoms with Crippen molar-refractivity contribution in [1.82, 2.24) is 9.97 Å². The van der Waals surface area contributed by atoms with Crippen LogP contribution in [0.15, 0.2) is 30.5 Å². The molecule has 2 atom stereocenters. The third-order valence-corrected chi connectivity index (χ3v) is 6.66. The number of rotatable bonds is 3. The average Bonchev–Trinajstić information content (AvgIpc) is 2.73. The van der Waals surface area contributed by atoms with Crippen LogP contribution in [0.1, 0.15) is 43.3 Å². The van der Waals surface area contributed by atoms with Gasteiger partial charge in [0.2, 0.25) is 0 Å². The predicted molar refractivity (Wildman–Crippen MR) is 117 cm³/mol. The number of phenols is 1. The van der Waals surface area contributed by atoms with Gasteiger partial charge in [-0.15, -0.1) is 0 Å². The Morgan fingerprint density at radius 1 is 1.11 bits per heavy atom. The third-order valence-electron chi connectivity index (χ3n) is 6.36. The molecule has 188 valence electrons. The standard InChI is InChI=1S/C23H20ClF6N3O2/c1-10-31-8-12-15(7-6-14(25)17(12)32-10)33-19-11-4-5-13(24)18(34)16(11)20(2,3)9-21(19,35)22(26,27)23(28,29)30/h4-8,19,33-35H,9H2,1-3H3. The number of aromatic hydroxyl groups is 1. The molecule has 0 amide bonds. The Morgan fingerprint density at radius 3 is 2.40 bits per heavy atom. The van der Waals surface area contributed by atoms with E-state index >= 15 is 8.78 Å². The summed E-state index contributed by atoms with van der Waals surface area (Å²) in [6.07, 6.45) is -6.01. The van der Waals surface area contributed by atoms with Crippen LogP contribution < -0.4 is 5.32 Å². The lowest BCUT2D eigenvalue weighted by Crippen LogP contribution is -2.65. The van der Waals surface area contributed by atoms with E-state index in [2.05, 4.69) is 15.3 Å². The molecule has 0 radical (unpaired) electrons. The quantitative estimate of drug-likeness (QED) is 0.359. The maximum absolute atomic E-state index is 15.0. The minimum absolute atomic E-state index is 0.00200. The average molecular weight is 520 g/mol. The van der Waals surface area contributed by atoms with E-state index in [-0.39, 0.29) is 38.6 Å². The fourth-order valence-electron chi connectivity index (χ4n) is 4.85. The van der Waals surface area contributed by atoms with E-state index in [9.17, 15) is 27.8 Å². The van der Waals surface area contributed by atoms with Crippen molar-refractivity contribution in [3.8, 4) is 5.75 Å². The summed E-state index contributed by atoms with van der Waals surface area (Å²) in [4.78, 5) is 7.93. The van der Waals surface area contributed by atoms with Crippen molar-refractivity contribution in [1.29, 1.82) is 0 Å². The second-order valence-corrected chi connectivity index (χ2v) is 9.68. The summed E-state index contributed by atoms with van der Waals surface area (Å²) < 4.78 is 85.3. The van der Waals surface area contributed by atoms with Gasteiger partial charge in [0.1, 0.15) is 22.9 Å². The van der Waals surface area contributed by atoms with Gasteiger partial charge >= 0.3 is 12.1 Å². The first kappa shape index (κ1) is 25.3. The van der Waals surface area contributed by atoms with Crippen LogP contribution in [0, 0.1) is 12.7 Å². The maximum atomic E-state index is 15.0. The fourth-order valence-corrected chi connectivity index (χ4v) is 5.00. The van der Waals surface area contributed by atoms with E-state index in [1.165, 1.54) is 33.0 Å². The molecule has 1 heterocycles. The topological polar surface area (TPSA) is 78.3 Å². The summed E-state index contributed by atoms with van der Waals surface area (Å²) in [5, 5.41) is 24.2. The summed E-state index contributed by atoms with van der Waals surface area (Å²) in [5.74, 6) is -6.63. The van der Waals surface area contributed by atoms with E-state index in [0.717, 1.165) is 18.2 Å². The van der Waals surface area contributed by atoms with Gasteiger partial charge in [-0.25, -0.2) is 14.4 Å². The summed E-state index contributed by atoms with van der Waals surface area (Å²) >= 11 is 6.01. The molecule has 0 fully saturated rings. The second kappa shape index (κ2) is 7.86. The lowest BCUT2D eigenvalue weighted by molar-refractivity contribution is -0.349. The number of nitrogens with zero attached hydrogens (tertiary/aromatic N) is 2. The number of hydrogen-bond donors (Lipinski definition) is 3. The highest BCUT2D eigenvalue weighted by Gasteiger charge is 2.74. The monoisotopic (exact) mass is 519 g/mol. The van der Waals surface area contributed by atoms with Crippen LogP contribution in [0.3, 0.4) is 0 Å². The molecule has 12 heteroatoms. The van der Waals surface area contributed by atoms with Crippen LogP contribution >= 0.6 is 11.6 Å². The highest BCUT2D eigenvalue weighted by Crippen LogP contribution is 2.60. The zero-order valence-corrected chi connectivity index (χ0v) is 19.4. The number of aromatic nitrogens is 2. The maximum Gasteiger partial charge on any atom is 0.456 e. The van der Waals surface area contributed by atoms with Crippen molar-refractivity contribution < 1.29 is 36.6 Å². The third kappa shape index (κ3) is 3.76. The van der Waals surface area contributed by atoms with Crippen molar-refractivity contribution in [3.63, 3.8) is 0 Å². The van der Waals surface area contributed by atoms with Gasteiger partial charge in [-0.2, -0.15) is 22.0 Å². The summed E-state index contributed by atoms with van der Waals surface area (Å²) in [7, 11) is 0.